The molecule has 2 aromatic heterocycles. The van der Waals surface area contributed by atoms with Gasteiger partial charge in [-0.3, -0.25) is 14.9 Å². The van der Waals surface area contributed by atoms with Crippen LogP contribution >= 0.6 is 0 Å². The number of nitrogens with zero attached hydrogens (tertiary/aromatic N) is 2. The maximum absolute atomic E-state index is 12.3. The van der Waals surface area contributed by atoms with Gasteiger partial charge in [-0.1, -0.05) is 18.2 Å². The third kappa shape index (κ3) is 1.82. The van der Waals surface area contributed by atoms with Gasteiger partial charge in [0.25, 0.3) is 0 Å². The highest BCUT2D eigenvalue weighted by atomic mass is 16.2. The van der Waals surface area contributed by atoms with E-state index in [1.807, 2.05) is 42.0 Å². The fourth-order valence-corrected chi connectivity index (χ4v) is 3.22. The van der Waals surface area contributed by atoms with Crippen LogP contribution in [0.5, 0.6) is 0 Å². The summed E-state index contributed by atoms with van der Waals surface area (Å²) in [5.41, 5.74) is 2.85. The van der Waals surface area contributed by atoms with Crippen LogP contribution in [0.4, 0.5) is 0 Å². The molecule has 0 radical (unpaired) electrons. The molecular formula is C17H15N3O2. The van der Waals surface area contributed by atoms with Gasteiger partial charge in [0.2, 0.25) is 11.8 Å². The molecule has 5 heteroatoms. The Balaban J connectivity index is 2.03. The molecule has 1 aliphatic heterocycles. The van der Waals surface area contributed by atoms with Gasteiger partial charge in [0, 0.05) is 23.4 Å². The van der Waals surface area contributed by atoms with Crippen LogP contribution in [0.1, 0.15) is 24.4 Å². The van der Waals surface area contributed by atoms with Gasteiger partial charge in [0.1, 0.15) is 11.7 Å². The molecule has 1 aliphatic rings. The van der Waals surface area contributed by atoms with Crippen LogP contribution in [0, 0.1) is 6.92 Å². The number of piperidine rings is 1. The molecule has 1 atom stereocenters. The van der Waals surface area contributed by atoms with Gasteiger partial charge in [-0.25, -0.2) is 4.98 Å². The number of aromatic nitrogens is 2. The van der Waals surface area contributed by atoms with Crippen LogP contribution in [0.25, 0.3) is 21.9 Å². The summed E-state index contributed by atoms with van der Waals surface area (Å²) in [7, 11) is 0. The Morgan fingerprint density at radius 3 is 2.86 bits per heavy atom. The number of benzene rings is 1. The molecule has 1 unspecified atom stereocenters. The number of amides is 2. The van der Waals surface area contributed by atoms with Crippen molar-refractivity contribution in [3.63, 3.8) is 0 Å². The number of hydrogen-bond donors (Lipinski definition) is 1. The molecule has 2 amide bonds. The Labute approximate surface area is 126 Å². The van der Waals surface area contributed by atoms with Crippen molar-refractivity contribution in [2.24, 2.45) is 0 Å². The van der Waals surface area contributed by atoms with Crippen LogP contribution < -0.4 is 5.32 Å². The van der Waals surface area contributed by atoms with Gasteiger partial charge in [-0.15, -0.1) is 0 Å². The van der Waals surface area contributed by atoms with E-state index in [4.69, 9.17) is 0 Å². The number of carbonyl (C=O) groups excluding carboxylic acids is 2. The minimum Gasteiger partial charge on any atom is -0.313 e. The number of hydrogen-bond acceptors (Lipinski definition) is 3. The Hall–Kier alpha value is -2.69. The first-order chi connectivity index (χ1) is 10.6. The van der Waals surface area contributed by atoms with Gasteiger partial charge < -0.3 is 4.57 Å². The number of aryl methyl sites for hydroxylation is 1. The Bertz CT molecular complexity index is 926. The lowest BCUT2D eigenvalue weighted by Gasteiger charge is -2.23. The van der Waals surface area contributed by atoms with E-state index in [1.54, 1.807) is 0 Å². The Morgan fingerprint density at radius 1 is 1.23 bits per heavy atom. The third-order valence-corrected chi connectivity index (χ3v) is 4.21. The average Bonchev–Trinajstić information content (AvgIpc) is 2.82. The standard InChI is InChI=1S/C17H15N3O2/c1-10-8-12-11-4-2-3-5-13(11)20(16(12)18-9-10)14-6-7-15(21)19-17(14)22/h2-5,8-9,14H,6-7H2,1H3,(H,19,21,22). The second-order valence-corrected chi connectivity index (χ2v) is 5.74. The first-order valence-electron chi connectivity index (χ1n) is 7.34. The number of pyridine rings is 1. The summed E-state index contributed by atoms with van der Waals surface area (Å²) < 4.78 is 1.96. The minimum atomic E-state index is -0.393. The van der Waals surface area contributed by atoms with Gasteiger partial charge in [0.15, 0.2) is 0 Å². The first kappa shape index (κ1) is 13.0. The minimum absolute atomic E-state index is 0.203. The lowest BCUT2D eigenvalue weighted by molar-refractivity contribution is -0.135. The van der Waals surface area contributed by atoms with Crippen LogP contribution in [-0.4, -0.2) is 21.4 Å². The van der Waals surface area contributed by atoms with Crippen molar-refractivity contribution in [2.75, 3.05) is 0 Å². The van der Waals surface area contributed by atoms with E-state index in [2.05, 4.69) is 16.4 Å². The van der Waals surface area contributed by atoms with E-state index in [0.29, 0.717) is 12.8 Å². The lowest BCUT2D eigenvalue weighted by Crippen LogP contribution is -2.41. The van der Waals surface area contributed by atoms with Gasteiger partial charge in [-0.05, 0) is 31.0 Å². The van der Waals surface area contributed by atoms with Gasteiger partial charge in [0.05, 0.1) is 5.52 Å². The molecule has 0 spiro atoms. The Morgan fingerprint density at radius 2 is 2.05 bits per heavy atom. The highest BCUT2D eigenvalue weighted by molar-refractivity contribution is 6.09. The molecule has 5 nitrogen and oxygen atoms in total. The molecule has 1 aromatic carbocycles. The zero-order valence-corrected chi connectivity index (χ0v) is 12.2. The average molecular weight is 293 g/mol. The summed E-state index contributed by atoms with van der Waals surface area (Å²) in [6.07, 6.45) is 2.67. The van der Waals surface area contributed by atoms with E-state index in [9.17, 15) is 9.59 Å². The molecule has 110 valence electrons. The number of carbonyl (C=O) groups is 2. The van der Waals surface area contributed by atoms with Gasteiger partial charge >= 0.3 is 0 Å². The van der Waals surface area contributed by atoms with E-state index in [-0.39, 0.29) is 11.8 Å². The second-order valence-electron chi connectivity index (χ2n) is 5.74. The smallest absolute Gasteiger partial charge is 0.249 e. The topological polar surface area (TPSA) is 64.0 Å². The predicted molar refractivity (Wildman–Crippen MR) is 83.4 cm³/mol. The zero-order chi connectivity index (χ0) is 15.3. The maximum Gasteiger partial charge on any atom is 0.249 e. The number of imide groups is 1. The molecule has 1 saturated heterocycles. The maximum atomic E-state index is 12.3. The molecule has 1 N–H and O–H groups in total. The zero-order valence-electron chi connectivity index (χ0n) is 12.2. The summed E-state index contributed by atoms with van der Waals surface area (Å²) in [5, 5.41) is 4.56. The molecule has 0 aliphatic carbocycles. The molecule has 0 saturated carbocycles. The molecule has 3 aromatic rings. The summed E-state index contributed by atoms with van der Waals surface area (Å²) >= 11 is 0. The quantitative estimate of drug-likeness (QED) is 0.701. The summed E-state index contributed by atoms with van der Waals surface area (Å²) in [4.78, 5) is 28.2. The molecule has 3 heterocycles. The number of rotatable bonds is 1. The van der Waals surface area contributed by atoms with Crippen molar-refractivity contribution in [3.05, 3.63) is 42.1 Å². The summed E-state index contributed by atoms with van der Waals surface area (Å²) in [5.74, 6) is -0.452. The molecule has 4 rings (SSSR count). The van der Waals surface area contributed by atoms with Crippen LogP contribution in [-0.2, 0) is 9.59 Å². The van der Waals surface area contributed by atoms with Crippen LogP contribution in [0.15, 0.2) is 36.5 Å². The largest absolute Gasteiger partial charge is 0.313 e. The predicted octanol–water partition coefficient (Wildman–Crippen LogP) is 2.48. The third-order valence-electron chi connectivity index (χ3n) is 4.21. The summed E-state index contributed by atoms with van der Waals surface area (Å²) in [6, 6.07) is 9.68. The van der Waals surface area contributed by atoms with E-state index in [0.717, 1.165) is 27.5 Å². The normalized spacial score (nSPS) is 18.9. The monoisotopic (exact) mass is 293 g/mol. The molecule has 1 fully saturated rings. The van der Waals surface area contributed by atoms with E-state index < -0.39 is 6.04 Å². The highest BCUT2D eigenvalue weighted by Gasteiger charge is 2.30. The highest BCUT2D eigenvalue weighted by Crippen LogP contribution is 2.33. The fraction of sp³-hybridized carbons (Fsp3) is 0.235. The van der Waals surface area contributed by atoms with Crippen molar-refractivity contribution in [2.45, 2.75) is 25.8 Å². The van der Waals surface area contributed by atoms with Crippen molar-refractivity contribution < 1.29 is 9.59 Å². The molecule has 22 heavy (non-hydrogen) atoms. The molecular weight excluding hydrogens is 278 g/mol. The fourth-order valence-electron chi connectivity index (χ4n) is 3.22. The van der Waals surface area contributed by atoms with E-state index in [1.165, 1.54) is 0 Å². The van der Waals surface area contributed by atoms with E-state index >= 15 is 0 Å². The first-order valence-corrected chi connectivity index (χ1v) is 7.34. The number of nitrogens with one attached hydrogen (secondary N) is 1. The number of para-hydroxylation sites is 1. The molecule has 0 bridgehead atoms. The van der Waals surface area contributed by atoms with Crippen molar-refractivity contribution in [1.29, 1.82) is 0 Å². The van der Waals surface area contributed by atoms with Crippen molar-refractivity contribution in [1.82, 2.24) is 14.9 Å². The lowest BCUT2D eigenvalue weighted by atomic mass is 10.1. The summed E-state index contributed by atoms with van der Waals surface area (Å²) in [6.45, 7) is 2.00. The van der Waals surface area contributed by atoms with Crippen LogP contribution in [0.3, 0.4) is 0 Å². The SMILES string of the molecule is Cc1cnc2c(c1)c1ccccc1n2C1CCC(=O)NC1=O. The Kier molecular flexibility index (Phi) is 2.76. The van der Waals surface area contributed by atoms with Crippen LogP contribution in [0.2, 0.25) is 0 Å². The second kappa shape index (κ2) is 4.66. The van der Waals surface area contributed by atoms with Gasteiger partial charge in [-0.2, -0.15) is 0 Å². The number of fused-ring (bicyclic) bond motifs is 3. The van der Waals surface area contributed by atoms with Crippen molar-refractivity contribution in [3.8, 4) is 0 Å². The van der Waals surface area contributed by atoms with Crippen molar-refractivity contribution >= 4 is 33.8 Å².